The summed E-state index contributed by atoms with van der Waals surface area (Å²) in [7, 11) is 0. The molecule has 6 fully saturated rings. The Labute approximate surface area is 185 Å². The predicted octanol–water partition coefficient (Wildman–Crippen LogP) is 6.79. The van der Waals surface area contributed by atoms with Crippen LogP contribution in [0.15, 0.2) is 0 Å². The first-order valence-corrected chi connectivity index (χ1v) is 13.7. The van der Waals surface area contributed by atoms with Gasteiger partial charge >= 0.3 is 0 Å². The molecule has 4 saturated carbocycles. The second kappa shape index (κ2) is 6.49. The fourth-order valence-electron chi connectivity index (χ4n) is 10.9. The molecule has 11 atom stereocenters. The lowest BCUT2D eigenvalue weighted by Crippen LogP contribution is -2.60. The number of hydrogen-bond acceptors (Lipinski definition) is 2. The lowest BCUT2D eigenvalue weighted by Gasteiger charge is -2.66. The van der Waals surface area contributed by atoms with E-state index >= 15 is 0 Å². The summed E-state index contributed by atoms with van der Waals surface area (Å²) in [6.07, 6.45) is 16.4. The Morgan fingerprint density at radius 1 is 0.800 bits per heavy atom. The van der Waals surface area contributed by atoms with Crippen LogP contribution in [0.1, 0.15) is 105 Å². The van der Waals surface area contributed by atoms with Crippen LogP contribution < -0.4 is 5.32 Å². The molecule has 1 spiro atoms. The van der Waals surface area contributed by atoms with Crippen LogP contribution in [0.25, 0.3) is 0 Å². The van der Waals surface area contributed by atoms with Gasteiger partial charge in [0.05, 0.1) is 6.10 Å². The number of fused-ring (bicyclic) bond motifs is 7. The van der Waals surface area contributed by atoms with Crippen molar-refractivity contribution in [3.8, 4) is 0 Å². The van der Waals surface area contributed by atoms with Gasteiger partial charge in [-0.05, 0) is 104 Å². The van der Waals surface area contributed by atoms with Gasteiger partial charge in [0.15, 0.2) is 0 Å². The molecule has 6 rings (SSSR count). The van der Waals surface area contributed by atoms with Crippen molar-refractivity contribution in [2.45, 2.75) is 117 Å². The van der Waals surface area contributed by atoms with Gasteiger partial charge in [-0.1, -0.05) is 47.5 Å². The molecule has 30 heavy (non-hydrogen) atoms. The first kappa shape index (κ1) is 20.5. The van der Waals surface area contributed by atoms with Gasteiger partial charge in [0, 0.05) is 12.5 Å². The van der Waals surface area contributed by atoms with Gasteiger partial charge in [0.1, 0.15) is 5.72 Å². The summed E-state index contributed by atoms with van der Waals surface area (Å²) in [6.45, 7) is 14.3. The van der Waals surface area contributed by atoms with E-state index in [0.29, 0.717) is 28.3 Å². The van der Waals surface area contributed by atoms with E-state index in [2.05, 4.69) is 39.9 Å². The van der Waals surface area contributed by atoms with Crippen LogP contribution in [0.3, 0.4) is 0 Å². The highest BCUT2D eigenvalue weighted by Crippen LogP contribution is 2.74. The van der Waals surface area contributed by atoms with Crippen LogP contribution in [-0.4, -0.2) is 18.4 Å². The quantitative estimate of drug-likeness (QED) is 0.472. The van der Waals surface area contributed by atoms with Crippen LogP contribution in [0.2, 0.25) is 0 Å². The zero-order chi connectivity index (χ0) is 20.9. The molecule has 170 valence electrons. The molecule has 2 heterocycles. The maximum Gasteiger partial charge on any atom is 0.122 e. The van der Waals surface area contributed by atoms with Crippen molar-refractivity contribution in [3.63, 3.8) is 0 Å². The Morgan fingerprint density at radius 2 is 1.63 bits per heavy atom. The minimum Gasteiger partial charge on any atom is -0.357 e. The van der Waals surface area contributed by atoms with E-state index in [-0.39, 0.29) is 5.72 Å². The van der Waals surface area contributed by atoms with E-state index in [9.17, 15) is 0 Å². The highest BCUT2D eigenvalue weighted by molar-refractivity contribution is 5.18. The van der Waals surface area contributed by atoms with Crippen LogP contribution in [-0.2, 0) is 4.74 Å². The number of rotatable bonds is 0. The number of piperidine rings is 1. The van der Waals surface area contributed by atoms with E-state index in [0.717, 1.165) is 36.1 Å². The summed E-state index contributed by atoms with van der Waals surface area (Å²) in [5.74, 6) is 5.07. The number of hydrogen-bond donors (Lipinski definition) is 1. The Hall–Kier alpha value is -0.0800. The second-order valence-electron chi connectivity index (χ2n) is 13.7. The minimum absolute atomic E-state index is 0.0103. The SMILES string of the molecule is C[C@H]1CC[C@]2(NC1)O[C@H]1C[C@H]3[C@@H]4CC[C@H]5CCCC[C@]5(C)[C@@]4(C)CC[C@]3(C)[C@H]1[C@@H]2C. The van der Waals surface area contributed by atoms with E-state index < -0.39 is 0 Å². The van der Waals surface area contributed by atoms with Crippen LogP contribution >= 0.6 is 0 Å². The largest absolute Gasteiger partial charge is 0.357 e. The fourth-order valence-corrected chi connectivity index (χ4v) is 10.9. The van der Waals surface area contributed by atoms with Crippen LogP contribution in [0.4, 0.5) is 0 Å². The van der Waals surface area contributed by atoms with Gasteiger partial charge in [0.2, 0.25) is 0 Å². The Morgan fingerprint density at radius 3 is 2.40 bits per heavy atom. The first-order valence-electron chi connectivity index (χ1n) is 13.7. The molecular formula is C28H47NO. The predicted molar refractivity (Wildman–Crippen MR) is 123 cm³/mol. The molecule has 0 aromatic carbocycles. The Bertz CT molecular complexity index is 697. The van der Waals surface area contributed by atoms with Gasteiger partial charge in [-0.25, -0.2) is 0 Å². The molecule has 2 nitrogen and oxygen atoms in total. The summed E-state index contributed by atoms with van der Waals surface area (Å²) in [5, 5.41) is 3.92. The lowest BCUT2D eigenvalue weighted by molar-refractivity contribution is -0.180. The highest BCUT2D eigenvalue weighted by atomic mass is 16.5. The van der Waals surface area contributed by atoms with Crippen LogP contribution in [0, 0.1) is 51.8 Å². The maximum absolute atomic E-state index is 7.06. The van der Waals surface area contributed by atoms with Crippen LogP contribution in [0.5, 0.6) is 0 Å². The molecule has 2 saturated heterocycles. The van der Waals surface area contributed by atoms with Gasteiger partial charge in [-0.2, -0.15) is 0 Å². The van der Waals surface area contributed by atoms with Gasteiger partial charge in [-0.3, -0.25) is 5.32 Å². The molecule has 0 radical (unpaired) electrons. The van der Waals surface area contributed by atoms with Crippen molar-refractivity contribution in [1.82, 2.24) is 5.32 Å². The van der Waals surface area contributed by atoms with Crippen molar-refractivity contribution in [1.29, 1.82) is 0 Å². The van der Waals surface area contributed by atoms with Gasteiger partial charge < -0.3 is 4.74 Å². The third kappa shape index (κ3) is 2.39. The molecule has 0 aromatic rings. The molecular weight excluding hydrogens is 366 g/mol. The second-order valence-corrected chi connectivity index (χ2v) is 13.7. The van der Waals surface area contributed by atoms with E-state index in [1.807, 2.05) is 0 Å². The molecule has 0 bridgehead atoms. The molecule has 2 aliphatic heterocycles. The fraction of sp³-hybridized carbons (Fsp3) is 1.00. The average Bonchev–Trinajstić information content (AvgIpc) is 3.16. The summed E-state index contributed by atoms with van der Waals surface area (Å²) >= 11 is 0. The molecule has 2 heteroatoms. The van der Waals surface area contributed by atoms with Crippen molar-refractivity contribution >= 4 is 0 Å². The van der Waals surface area contributed by atoms with E-state index in [1.165, 1.54) is 70.6 Å². The smallest absolute Gasteiger partial charge is 0.122 e. The topological polar surface area (TPSA) is 21.3 Å². The van der Waals surface area contributed by atoms with Crippen molar-refractivity contribution in [2.24, 2.45) is 51.8 Å². The zero-order valence-corrected chi connectivity index (χ0v) is 20.4. The molecule has 0 aromatic heterocycles. The van der Waals surface area contributed by atoms with Crippen molar-refractivity contribution < 1.29 is 4.74 Å². The standard InChI is InChI=1S/C28H47NO/c1-18-11-13-28(29-17-18)19(2)24-23(30-28)16-22-21-10-9-20-8-6-7-12-26(20,4)27(21,5)15-14-25(22,24)3/h18-24,29H,6-17H2,1-5H3/t18-,19-,20+,21-,22-,23-,24-,25-,26-,27-,28-/m0/s1. The van der Waals surface area contributed by atoms with Gasteiger partial charge in [-0.15, -0.1) is 0 Å². The Kier molecular flexibility index (Phi) is 4.44. The van der Waals surface area contributed by atoms with Crippen molar-refractivity contribution in [3.05, 3.63) is 0 Å². The van der Waals surface area contributed by atoms with Gasteiger partial charge in [0.25, 0.3) is 0 Å². The zero-order valence-electron chi connectivity index (χ0n) is 20.4. The molecule has 0 amide bonds. The summed E-state index contributed by atoms with van der Waals surface area (Å²) < 4.78 is 7.06. The minimum atomic E-state index is -0.0103. The summed E-state index contributed by atoms with van der Waals surface area (Å²) in [4.78, 5) is 0. The highest BCUT2D eigenvalue weighted by Gasteiger charge is 2.70. The monoisotopic (exact) mass is 413 g/mol. The Balaban J connectivity index is 1.30. The summed E-state index contributed by atoms with van der Waals surface area (Å²) in [6, 6.07) is 0. The van der Waals surface area contributed by atoms with E-state index in [1.54, 1.807) is 0 Å². The molecule has 4 aliphatic carbocycles. The first-order chi connectivity index (χ1) is 14.2. The third-order valence-electron chi connectivity index (χ3n) is 12.9. The molecule has 6 aliphatic rings. The number of ether oxygens (including phenoxy) is 1. The maximum atomic E-state index is 7.06. The molecule has 1 N–H and O–H groups in total. The summed E-state index contributed by atoms with van der Waals surface area (Å²) in [5.41, 5.74) is 1.66. The third-order valence-corrected chi connectivity index (χ3v) is 12.9. The molecule has 0 unspecified atom stereocenters. The lowest BCUT2D eigenvalue weighted by atomic mass is 9.38. The van der Waals surface area contributed by atoms with E-state index in [4.69, 9.17) is 4.74 Å². The normalized spacial score (nSPS) is 62.5. The van der Waals surface area contributed by atoms with Crippen molar-refractivity contribution in [2.75, 3.05) is 6.54 Å². The number of nitrogens with one attached hydrogen (secondary N) is 1. The average molecular weight is 414 g/mol.